The van der Waals surface area contributed by atoms with Gasteiger partial charge in [-0.2, -0.15) is 0 Å². The molecule has 3 aromatic heterocycles. The number of nitrogens with one attached hydrogen (secondary N) is 1. The molecular weight excluding hydrogens is 1200 g/mol. The van der Waals surface area contributed by atoms with E-state index in [2.05, 4.69) is 20.3 Å². The number of alkyl halides is 6. The lowest BCUT2D eigenvalue weighted by atomic mass is 9.98. The van der Waals surface area contributed by atoms with Crippen molar-refractivity contribution < 1.29 is 75.1 Å². The Hall–Kier alpha value is -6.81. The van der Waals surface area contributed by atoms with Crippen LogP contribution < -0.4 is 5.32 Å². The maximum absolute atomic E-state index is 13.5. The first-order valence-electron chi connectivity index (χ1n) is 31.4. The van der Waals surface area contributed by atoms with Crippen LogP contribution in [0.5, 0.6) is 0 Å². The first kappa shape index (κ1) is 66.6. The Balaban J connectivity index is 0.000000133. The second-order valence-corrected chi connectivity index (χ2v) is 25.1. The van der Waals surface area contributed by atoms with Crippen LogP contribution in [0.3, 0.4) is 0 Å². The smallest absolute Gasteiger partial charge is 0.254 e. The highest BCUT2D eigenvalue weighted by Crippen LogP contribution is 2.40. The number of likely N-dealkylation sites (tertiary alicyclic amines) is 2. The van der Waals surface area contributed by atoms with Gasteiger partial charge in [-0.1, -0.05) is 25.6 Å². The second-order valence-electron chi connectivity index (χ2n) is 25.1. The van der Waals surface area contributed by atoms with E-state index in [1.54, 1.807) is 45.4 Å². The molecule has 19 nitrogen and oxygen atoms in total. The van der Waals surface area contributed by atoms with Gasteiger partial charge in [-0.3, -0.25) is 43.9 Å². The normalized spacial score (nSPS) is 26.0. The Labute approximate surface area is 529 Å². The molecule has 9 aliphatic rings. The largest absolute Gasteiger partial charge is 0.389 e. The Kier molecular flexibility index (Phi) is 20.3. The molecule has 25 heteroatoms. The fourth-order valence-electron chi connectivity index (χ4n) is 14.1. The van der Waals surface area contributed by atoms with Crippen LogP contribution in [0.4, 0.5) is 26.3 Å². The summed E-state index contributed by atoms with van der Waals surface area (Å²) in [5.74, 6) is -7.91. The molecule has 0 radical (unpaired) electrons. The lowest BCUT2D eigenvalue weighted by Gasteiger charge is -2.34. The first-order valence-corrected chi connectivity index (χ1v) is 31.4. The fraction of sp³-hybridized carbons (Fsp3) is 0.537. The molecule has 0 bridgehead atoms. The number of hydrogen-bond acceptors (Lipinski definition) is 16. The van der Waals surface area contributed by atoms with E-state index in [0.29, 0.717) is 139 Å². The minimum atomic E-state index is -2.58. The van der Waals surface area contributed by atoms with E-state index in [9.17, 15) is 60.8 Å². The average Bonchev–Trinajstić information content (AvgIpc) is 1.59. The van der Waals surface area contributed by atoms with Crippen LogP contribution in [-0.2, 0) is 46.9 Å². The van der Waals surface area contributed by atoms with Crippen molar-refractivity contribution in [1.82, 2.24) is 44.8 Å². The molecule has 4 N–H and O–H groups in total. The number of fused-ring (bicyclic) bond motifs is 9. The topological polar surface area (TPSA) is 224 Å². The number of benzene rings is 3. The number of halogens is 6. The quantitative estimate of drug-likeness (QED) is 0.0839. The lowest BCUT2D eigenvalue weighted by molar-refractivity contribution is -0.0572. The van der Waals surface area contributed by atoms with Gasteiger partial charge in [0.2, 0.25) is 0 Å². The number of aromatic nitrogens is 3. The van der Waals surface area contributed by atoms with Crippen LogP contribution in [0.1, 0.15) is 134 Å². The van der Waals surface area contributed by atoms with Crippen molar-refractivity contribution in [1.29, 1.82) is 0 Å². The van der Waals surface area contributed by atoms with Gasteiger partial charge in [-0.25, -0.2) is 26.3 Å². The van der Waals surface area contributed by atoms with E-state index < -0.39 is 36.1 Å². The number of ether oxygens (including phenoxy) is 3. The standard InChI is InChI=1S/2C22H25F2N3O3.C17H16N2O4.C5H9F2N.CH4/c2*23-22(24)4-7-26(8-5-22)11-14-10-16-17(20-15(14)2-1-6-25-20)12-27(21(16)29)18-3-9-30-13-19(18)28;20-8-10-6-12-13(16-11(10)2-1-4-18-16)7-19(17(12)22)14-3-5-23-9-15(14)21;6-5(7)1-3-8-4-2-5;/h2*1-2,6,10,18-19,28H,3-5,7-9,11-13H2;1-2,4,6,8,14-15,21H,3,5,7,9H2;8H,1-4H2;1H4/t2*18-,19-;14-,15-;;/m000../s1. The summed E-state index contributed by atoms with van der Waals surface area (Å²) in [4.78, 5) is 73.3. The van der Waals surface area contributed by atoms with Crippen LogP contribution >= 0.6 is 0 Å². The zero-order valence-corrected chi connectivity index (χ0v) is 50.4. The minimum absolute atomic E-state index is 0. The zero-order valence-electron chi connectivity index (χ0n) is 50.4. The van der Waals surface area contributed by atoms with Crippen molar-refractivity contribution in [2.45, 2.75) is 152 Å². The number of rotatable bonds is 8. The number of carbonyl (C=O) groups excluding carboxylic acids is 4. The Morgan fingerprint density at radius 1 is 0.511 bits per heavy atom. The monoisotopic (exact) mass is 1280 g/mol. The first-order chi connectivity index (χ1) is 43.8. The number of carbonyl (C=O) groups is 4. The van der Waals surface area contributed by atoms with Gasteiger partial charge in [0.25, 0.3) is 35.5 Å². The van der Waals surface area contributed by atoms with Crippen LogP contribution in [0.15, 0.2) is 73.2 Å². The van der Waals surface area contributed by atoms with Crippen molar-refractivity contribution in [2.75, 3.05) is 78.9 Å². The van der Waals surface area contributed by atoms with Gasteiger partial charge in [0.05, 0.1) is 72.8 Å². The van der Waals surface area contributed by atoms with E-state index >= 15 is 0 Å². The summed E-state index contributed by atoms with van der Waals surface area (Å²) in [5, 5.41) is 36.4. The summed E-state index contributed by atoms with van der Waals surface area (Å²) in [6.07, 6.45) is 5.01. The highest BCUT2D eigenvalue weighted by molar-refractivity contribution is 6.09. The molecule has 0 unspecified atom stereocenters. The number of piperidine rings is 3. The van der Waals surface area contributed by atoms with Gasteiger partial charge < -0.3 is 49.5 Å². The second kappa shape index (κ2) is 28.0. The number of nitrogens with zero attached hydrogens (tertiary/aromatic N) is 8. The molecule has 0 spiro atoms. The Morgan fingerprint density at radius 3 is 1.18 bits per heavy atom. The number of amides is 3. The van der Waals surface area contributed by atoms with E-state index in [1.807, 2.05) is 52.3 Å². The van der Waals surface area contributed by atoms with Gasteiger partial charge >= 0.3 is 0 Å². The highest BCUT2D eigenvalue weighted by Gasteiger charge is 2.44. The molecule has 6 saturated heterocycles. The third kappa shape index (κ3) is 14.2. The third-order valence-electron chi connectivity index (χ3n) is 19.2. The molecule has 494 valence electrons. The molecule has 6 fully saturated rings. The number of aliphatic hydroxyl groups is 3. The number of aldehydes is 1. The molecule has 3 amide bonds. The van der Waals surface area contributed by atoms with Gasteiger partial charge in [-0.05, 0) is 66.8 Å². The summed E-state index contributed by atoms with van der Waals surface area (Å²) in [5.41, 5.74) is 8.90. The van der Waals surface area contributed by atoms with Crippen molar-refractivity contribution in [3.05, 3.63) is 123 Å². The molecule has 6 aromatic rings. The van der Waals surface area contributed by atoms with Crippen LogP contribution in [0, 0.1) is 0 Å². The molecule has 3 aromatic carbocycles. The van der Waals surface area contributed by atoms with Gasteiger partial charge in [0.15, 0.2) is 6.29 Å². The molecule has 92 heavy (non-hydrogen) atoms. The van der Waals surface area contributed by atoms with Gasteiger partial charge in [-0.15, -0.1) is 0 Å². The summed E-state index contributed by atoms with van der Waals surface area (Å²) in [7, 11) is 0. The molecule has 6 atom stereocenters. The number of hydrogen-bond donors (Lipinski definition) is 4. The van der Waals surface area contributed by atoms with Gasteiger partial charge in [0.1, 0.15) is 0 Å². The molecule has 12 heterocycles. The van der Waals surface area contributed by atoms with Crippen LogP contribution in [0.25, 0.3) is 32.7 Å². The minimum Gasteiger partial charge on any atom is -0.389 e. The summed E-state index contributed by atoms with van der Waals surface area (Å²) in [6, 6.07) is 15.9. The van der Waals surface area contributed by atoms with Crippen molar-refractivity contribution in [3.63, 3.8) is 0 Å². The highest BCUT2D eigenvalue weighted by atomic mass is 19.3. The average molecular weight is 1280 g/mol. The maximum atomic E-state index is 13.5. The number of aliphatic hydroxyl groups excluding tert-OH is 3. The van der Waals surface area contributed by atoms with Crippen LogP contribution in [-0.4, -0.2) is 212 Å². The molecule has 0 aliphatic carbocycles. The molecular formula is C67H79F6N9O10. The third-order valence-corrected chi connectivity index (χ3v) is 19.2. The lowest BCUT2D eigenvalue weighted by Crippen LogP contribution is -2.49. The summed E-state index contributed by atoms with van der Waals surface area (Å²) < 4.78 is 94.3. The molecule has 0 saturated carbocycles. The number of pyridine rings is 3. The zero-order chi connectivity index (χ0) is 63.8. The van der Waals surface area contributed by atoms with E-state index in [1.165, 1.54) is 0 Å². The SMILES string of the molecule is C.FC1(F)CCNCC1.O=C1c2cc(CN3CCC(F)(F)CC3)c3cccnc3c2CN1[C@H]1CCOC[C@@H]1O.O=C1c2cc(CN3CCC(F)(F)CC3)c3cccnc3c2CN1[C@H]1CCOC[C@@H]1O.O=Cc1cc2c(c3ncccc13)CN([C@H]1CCOC[C@@H]1O)C2=O. The maximum Gasteiger partial charge on any atom is 0.254 e. The molecule has 9 aliphatic heterocycles. The fourth-order valence-corrected chi connectivity index (χ4v) is 14.1. The van der Waals surface area contributed by atoms with E-state index in [-0.39, 0.29) is 102 Å². The van der Waals surface area contributed by atoms with Crippen molar-refractivity contribution >= 4 is 56.7 Å². The molecule has 15 rings (SSSR count). The van der Waals surface area contributed by atoms with Crippen molar-refractivity contribution in [2.24, 2.45) is 0 Å². The van der Waals surface area contributed by atoms with Crippen molar-refractivity contribution in [3.8, 4) is 0 Å². The van der Waals surface area contributed by atoms with Crippen LogP contribution in [0.2, 0.25) is 0 Å². The van der Waals surface area contributed by atoms with E-state index in [4.69, 9.17) is 14.2 Å². The predicted octanol–water partition coefficient (Wildman–Crippen LogP) is 7.94. The Morgan fingerprint density at radius 2 is 0.848 bits per heavy atom. The van der Waals surface area contributed by atoms with Gasteiger partial charge in [0, 0.05) is 204 Å². The summed E-state index contributed by atoms with van der Waals surface area (Å²) in [6.45, 7) is 6.80. The Bertz CT molecular complexity index is 3510. The summed E-state index contributed by atoms with van der Waals surface area (Å²) >= 11 is 0. The predicted molar refractivity (Wildman–Crippen MR) is 329 cm³/mol. The van der Waals surface area contributed by atoms with E-state index in [0.717, 1.165) is 61.3 Å².